The SMILES string of the molecule is CCc1ccc(-n2nc(C(=O)NCC(F)(F)CN)c3c2CCC3)cc1.Cl. The Hall–Kier alpha value is -1.99. The zero-order valence-corrected chi connectivity index (χ0v) is 15.4. The molecule has 26 heavy (non-hydrogen) atoms. The maximum Gasteiger partial charge on any atom is 0.277 e. The number of hydrogen-bond donors (Lipinski definition) is 2. The van der Waals surface area contributed by atoms with Gasteiger partial charge in [0, 0.05) is 11.3 Å². The first kappa shape index (κ1) is 20.3. The Morgan fingerprint density at radius 3 is 2.62 bits per heavy atom. The molecule has 0 spiro atoms. The quantitative estimate of drug-likeness (QED) is 0.804. The summed E-state index contributed by atoms with van der Waals surface area (Å²) in [6.07, 6.45) is 3.43. The lowest BCUT2D eigenvalue weighted by Gasteiger charge is -2.14. The molecule has 3 N–H and O–H groups in total. The molecule has 2 aromatic rings. The zero-order valence-electron chi connectivity index (χ0n) is 14.6. The first-order valence-corrected chi connectivity index (χ1v) is 8.51. The van der Waals surface area contributed by atoms with Crippen LogP contribution in [0.4, 0.5) is 8.78 Å². The van der Waals surface area contributed by atoms with Gasteiger partial charge in [0.25, 0.3) is 11.8 Å². The number of benzene rings is 1. The van der Waals surface area contributed by atoms with E-state index in [0.717, 1.165) is 42.6 Å². The Morgan fingerprint density at radius 2 is 2.00 bits per heavy atom. The molecule has 3 rings (SSSR count). The van der Waals surface area contributed by atoms with Gasteiger partial charge in [-0.1, -0.05) is 19.1 Å². The van der Waals surface area contributed by atoms with Gasteiger partial charge in [-0.05, 0) is 43.4 Å². The van der Waals surface area contributed by atoms with Gasteiger partial charge in [-0.3, -0.25) is 4.79 Å². The number of nitrogens with two attached hydrogens (primary N) is 1. The molecule has 1 aromatic heterocycles. The third-order valence-electron chi connectivity index (χ3n) is 4.54. The van der Waals surface area contributed by atoms with Crippen molar-refractivity contribution < 1.29 is 13.6 Å². The standard InChI is InChI=1S/C18H22F2N4O.ClH/c1-2-12-6-8-13(9-7-12)24-15-5-3-4-14(15)16(23-24)17(25)22-11-18(19,20)10-21;/h6-9H,2-5,10-11,21H2,1H3,(H,22,25);1H. The molecule has 1 aromatic carbocycles. The van der Waals surface area contributed by atoms with Crippen LogP contribution in [0.25, 0.3) is 5.69 Å². The van der Waals surface area contributed by atoms with Crippen molar-refractivity contribution >= 4 is 18.3 Å². The summed E-state index contributed by atoms with van der Waals surface area (Å²) in [6.45, 7) is 0.499. The van der Waals surface area contributed by atoms with E-state index in [9.17, 15) is 13.6 Å². The van der Waals surface area contributed by atoms with Crippen LogP contribution in [0.3, 0.4) is 0 Å². The molecule has 1 amide bonds. The van der Waals surface area contributed by atoms with Gasteiger partial charge in [-0.2, -0.15) is 5.10 Å². The van der Waals surface area contributed by atoms with Crippen molar-refractivity contribution in [1.29, 1.82) is 0 Å². The van der Waals surface area contributed by atoms with Crippen LogP contribution in [0.5, 0.6) is 0 Å². The molecule has 142 valence electrons. The topological polar surface area (TPSA) is 72.9 Å². The van der Waals surface area contributed by atoms with Gasteiger partial charge in [0.15, 0.2) is 5.69 Å². The van der Waals surface area contributed by atoms with E-state index in [0.29, 0.717) is 0 Å². The van der Waals surface area contributed by atoms with Gasteiger partial charge in [-0.25, -0.2) is 13.5 Å². The minimum atomic E-state index is -3.11. The van der Waals surface area contributed by atoms with Crippen LogP contribution in [-0.2, 0) is 19.3 Å². The predicted molar refractivity (Wildman–Crippen MR) is 98.5 cm³/mol. The highest BCUT2D eigenvalue weighted by atomic mass is 35.5. The fourth-order valence-corrected chi connectivity index (χ4v) is 3.07. The monoisotopic (exact) mass is 384 g/mol. The first-order chi connectivity index (χ1) is 11.9. The molecule has 0 fully saturated rings. The maximum absolute atomic E-state index is 13.3. The van der Waals surface area contributed by atoms with Gasteiger partial charge in [0.2, 0.25) is 0 Å². The minimum absolute atomic E-state index is 0. The summed E-state index contributed by atoms with van der Waals surface area (Å²) < 4.78 is 28.3. The molecule has 0 bridgehead atoms. The van der Waals surface area contributed by atoms with E-state index in [1.54, 1.807) is 4.68 Å². The number of rotatable bonds is 6. The summed E-state index contributed by atoms with van der Waals surface area (Å²) in [5, 5.41) is 6.67. The zero-order chi connectivity index (χ0) is 18.0. The Bertz CT molecular complexity index is 774. The Balaban J connectivity index is 0.00000243. The van der Waals surface area contributed by atoms with Crippen molar-refractivity contribution in [3.8, 4) is 5.69 Å². The second-order valence-corrected chi connectivity index (χ2v) is 6.30. The van der Waals surface area contributed by atoms with Gasteiger partial charge < -0.3 is 11.1 Å². The smallest absolute Gasteiger partial charge is 0.277 e. The van der Waals surface area contributed by atoms with Crippen molar-refractivity contribution in [1.82, 2.24) is 15.1 Å². The molecular weight excluding hydrogens is 362 g/mol. The lowest BCUT2D eigenvalue weighted by molar-refractivity contribution is 0.0118. The third kappa shape index (κ3) is 4.04. The second-order valence-electron chi connectivity index (χ2n) is 6.30. The summed E-state index contributed by atoms with van der Waals surface area (Å²) in [5.74, 6) is -3.69. The number of carbonyl (C=O) groups is 1. The fraction of sp³-hybridized carbons (Fsp3) is 0.444. The van der Waals surface area contributed by atoms with Gasteiger partial charge in [0.05, 0.1) is 18.8 Å². The van der Waals surface area contributed by atoms with Crippen LogP contribution in [0.1, 0.15) is 40.7 Å². The molecule has 5 nitrogen and oxygen atoms in total. The minimum Gasteiger partial charge on any atom is -0.345 e. The molecule has 1 heterocycles. The number of alkyl halides is 2. The van der Waals surface area contributed by atoms with E-state index < -0.39 is 24.9 Å². The normalized spacial score (nSPS) is 13.2. The summed E-state index contributed by atoms with van der Waals surface area (Å²) in [7, 11) is 0. The molecule has 0 radical (unpaired) electrons. The lowest BCUT2D eigenvalue weighted by atomic mass is 10.1. The van der Waals surface area contributed by atoms with Crippen LogP contribution in [-0.4, -0.2) is 34.7 Å². The summed E-state index contributed by atoms with van der Waals surface area (Å²) >= 11 is 0. The lowest BCUT2D eigenvalue weighted by Crippen LogP contribution is -2.41. The molecule has 0 atom stereocenters. The van der Waals surface area contributed by atoms with Crippen LogP contribution in [0, 0.1) is 0 Å². The molecule has 8 heteroatoms. The highest BCUT2D eigenvalue weighted by molar-refractivity contribution is 5.94. The van der Waals surface area contributed by atoms with Gasteiger partial charge in [0.1, 0.15) is 0 Å². The van der Waals surface area contributed by atoms with Gasteiger partial charge >= 0.3 is 0 Å². The predicted octanol–water partition coefficient (Wildman–Crippen LogP) is 2.67. The van der Waals surface area contributed by atoms with Crippen LogP contribution in [0.2, 0.25) is 0 Å². The molecular formula is C18H23ClF2N4O. The average Bonchev–Trinajstić information content (AvgIpc) is 3.22. The Kier molecular flexibility index (Phi) is 6.36. The van der Waals surface area contributed by atoms with E-state index in [1.165, 1.54) is 5.56 Å². The van der Waals surface area contributed by atoms with Crippen molar-refractivity contribution in [2.24, 2.45) is 5.73 Å². The number of nitrogens with zero attached hydrogens (tertiary/aromatic N) is 2. The number of amides is 1. The number of halogens is 3. The second kappa shape index (κ2) is 8.14. The Labute approximate surface area is 157 Å². The first-order valence-electron chi connectivity index (χ1n) is 8.51. The molecule has 0 aliphatic heterocycles. The number of hydrogen-bond acceptors (Lipinski definition) is 3. The highest BCUT2D eigenvalue weighted by Crippen LogP contribution is 2.28. The molecule has 0 unspecified atom stereocenters. The summed E-state index contributed by atoms with van der Waals surface area (Å²) in [6, 6.07) is 7.99. The molecule has 1 aliphatic rings. The molecule has 0 saturated heterocycles. The van der Waals surface area contributed by atoms with Crippen molar-refractivity contribution in [2.75, 3.05) is 13.1 Å². The summed E-state index contributed by atoms with van der Waals surface area (Å²) in [4.78, 5) is 12.4. The van der Waals surface area contributed by atoms with E-state index in [2.05, 4.69) is 17.3 Å². The highest BCUT2D eigenvalue weighted by Gasteiger charge is 2.30. The fourth-order valence-electron chi connectivity index (χ4n) is 3.07. The maximum atomic E-state index is 13.3. The van der Waals surface area contributed by atoms with Gasteiger partial charge in [-0.15, -0.1) is 12.4 Å². The largest absolute Gasteiger partial charge is 0.345 e. The summed E-state index contributed by atoms with van der Waals surface area (Å²) in [5.41, 5.74) is 9.17. The number of fused-ring (bicyclic) bond motifs is 1. The van der Waals surface area contributed by atoms with Crippen LogP contribution < -0.4 is 11.1 Å². The molecule has 1 aliphatic carbocycles. The number of aryl methyl sites for hydroxylation is 1. The van der Waals surface area contributed by atoms with Crippen LogP contribution in [0.15, 0.2) is 24.3 Å². The van der Waals surface area contributed by atoms with E-state index in [4.69, 9.17) is 5.73 Å². The van der Waals surface area contributed by atoms with E-state index >= 15 is 0 Å². The van der Waals surface area contributed by atoms with Crippen molar-refractivity contribution in [2.45, 2.75) is 38.5 Å². The van der Waals surface area contributed by atoms with E-state index in [-0.39, 0.29) is 18.1 Å². The van der Waals surface area contributed by atoms with E-state index in [1.807, 2.05) is 24.3 Å². The third-order valence-corrected chi connectivity index (χ3v) is 4.54. The number of aromatic nitrogens is 2. The van der Waals surface area contributed by atoms with Crippen molar-refractivity contribution in [3.05, 3.63) is 46.8 Å². The molecule has 0 saturated carbocycles. The van der Waals surface area contributed by atoms with Crippen molar-refractivity contribution in [3.63, 3.8) is 0 Å². The Morgan fingerprint density at radius 1 is 1.31 bits per heavy atom. The van der Waals surface area contributed by atoms with Crippen LogP contribution >= 0.6 is 12.4 Å². The number of nitrogens with one attached hydrogen (secondary N) is 1. The number of carbonyl (C=O) groups excluding carboxylic acids is 1. The average molecular weight is 385 g/mol.